The number of pyridine rings is 1. The van der Waals surface area contributed by atoms with E-state index in [1.54, 1.807) is 11.0 Å². The summed E-state index contributed by atoms with van der Waals surface area (Å²) in [6.45, 7) is 2.87. The van der Waals surface area contributed by atoms with Crippen LogP contribution in [0.1, 0.15) is 18.4 Å². The van der Waals surface area contributed by atoms with Gasteiger partial charge in [0.2, 0.25) is 5.91 Å². The number of carbonyl (C=O) groups excluding carboxylic acids is 1. The molecular formula is C28H31ClFN5O5. The Hall–Kier alpha value is -3.79. The minimum atomic E-state index is -0.587. The van der Waals surface area contributed by atoms with Gasteiger partial charge < -0.3 is 30.7 Å². The summed E-state index contributed by atoms with van der Waals surface area (Å²) in [6, 6.07) is 8.87. The second-order valence-corrected chi connectivity index (χ2v) is 9.17. The molecule has 212 valence electrons. The number of fused-ring (bicyclic) bond motifs is 1. The molecule has 4 rings (SSSR count). The average molecular weight is 572 g/mol. The van der Waals surface area contributed by atoms with Crippen molar-refractivity contribution < 1.29 is 29.2 Å². The lowest BCUT2D eigenvalue weighted by Crippen LogP contribution is -2.30. The summed E-state index contributed by atoms with van der Waals surface area (Å²) in [7, 11) is 0. The maximum Gasteiger partial charge on any atom is 0.248 e. The first-order chi connectivity index (χ1) is 19.4. The molecule has 3 aromatic rings. The van der Waals surface area contributed by atoms with E-state index in [1.165, 1.54) is 55.4 Å². The minimum absolute atomic E-state index is 0.0792. The summed E-state index contributed by atoms with van der Waals surface area (Å²) in [5.74, 6) is -1.33. The third kappa shape index (κ3) is 8.87. The van der Waals surface area contributed by atoms with Crippen LogP contribution in [0.25, 0.3) is 10.9 Å². The number of hydrogen-bond acceptors (Lipinski definition) is 9. The number of rotatable bonds is 10. The van der Waals surface area contributed by atoms with Crippen LogP contribution < -0.4 is 10.6 Å². The molecule has 1 amide bonds. The Morgan fingerprint density at radius 2 is 1.93 bits per heavy atom. The number of phenolic OH excluding ortho intramolecular Hbond substituents is 1. The fraction of sp³-hybridized carbons (Fsp3) is 0.321. The Morgan fingerprint density at radius 3 is 2.52 bits per heavy atom. The molecule has 0 radical (unpaired) electrons. The number of nitrogens with one attached hydrogen (secondary N) is 2. The molecule has 2 heterocycles. The zero-order valence-electron chi connectivity index (χ0n) is 21.7. The largest absolute Gasteiger partial charge is 0.506 e. The lowest BCUT2D eigenvalue weighted by Gasteiger charge is -2.17. The molecule has 40 heavy (non-hydrogen) atoms. The number of nitriles is 1. The number of nitrogens with zero attached hydrogens (tertiary/aromatic N) is 3. The van der Waals surface area contributed by atoms with E-state index in [0.29, 0.717) is 41.9 Å². The second kappa shape index (κ2) is 15.7. The van der Waals surface area contributed by atoms with Gasteiger partial charge in [-0.1, -0.05) is 17.7 Å². The molecule has 0 aliphatic carbocycles. The molecule has 1 fully saturated rings. The predicted octanol–water partition coefficient (Wildman–Crippen LogP) is 3.93. The van der Waals surface area contributed by atoms with Crippen molar-refractivity contribution in [3.8, 4) is 11.8 Å². The number of aliphatic hydroxyl groups is 2. The monoisotopic (exact) mass is 571 g/mol. The number of aliphatic hydroxyl groups excluding tert-OH is 2. The predicted molar refractivity (Wildman–Crippen MR) is 151 cm³/mol. The van der Waals surface area contributed by atoms with Crippen molar-refractivity contribution in [2.75, 3.05) is 56.7 Å². The molecular weight excluding hydrogens is 541 g/mol. The highest BCUT2D eigenvalue weighted by atomic mass is 35.5. The van der Waals surface area contributed by atoms with Crippen LogP contribution in [-0.2, 0) is 9.53 Å². The Balaban J connectivity index is 0.000000792. The molecule has 1 aliphatic heterocycles. The van der Waals surface area contributed by atoms with E-state index in [4.69, 9.17) is 26.6 Å². The first-order valence-corrected chi connectivity index (χ1v) is 13.0. The first-order valence-electron chi connectivity index (χ1n) is 12.6. The van der Waals surface area contributed by atoms with Gasteiger partial charge in [0, 0.05) is 62.3 Å². The van der Waals surface area contributed by atoms with Crippen molar-refractivity contribution in [2.45, 2.75) is 12.8 Å². The molecule has 2 aromatic carbocycles. The van der Waals surface area contributed by atoms with E-state index in [9.17, 15) is 19.6 Å². The standard InChI is InChI=1S/C24H23ClFN5O4.C4H8O/c25-18-10-16(3-4-19(18)26)29-24-15(13-27)14-28-20-12-22(34)21(11-17(20)24)30-23(35)2-1-5-31(6-8-32)7-9-33;1-2-4-5-3-1/h1-4,10-12,14,32-34H,5-9H2,(H,28,29)(H,30,35);1-4H2/b2-1+;. The number of benzene rings is 2. The van der Waals surface area contributed by atoms with Gasteiger partial charge in [0.15, 0.2) is 0 Å². The molecule has 0 atom stereocenters. The zero-order valence-corrected chi connectivity index (χ0v) is 22.5. The van der Waals surface area contributed by atoms with Crippen LogP contribution in [0.2, 0.25) is 5.02 Å². The third-order valence-electron chi connectivity index (χ3n) is 5.85. The van der Waals surface area contributed by atoms with Crippen molar-refractivity contribution in [2.24, 2.45) is 0 Å². The van der Waals surface area contributed by atoms with Gasteiger partial charge in [0.25, 0.3) is 0 Å². The van der Waals surface area contributed by atoms with E-state index in [2.05, 4.69) is 15.6 Å². The molecule has 12 heteroatoms. The highest BCUT2D eigenvalue weighted by Crippen LogP contribution is 2.35. The fourth-order valence-electron chi connectivity index (χ4n) is 3.84. The molecule has 1 aliphatic rings. The maximum absolute atomic E-state index is 13.5. The van der Waals surface area contributed by atoms with Crippen LogP contribution in [0.15, 0.2) is 48.7 Å². The van der Waals surface area contributed by atoms with Crippen LogP contribution in [0.4, 0.5) is 21.5 Å². The normalized spacial score (nSPS) is 12.8. The van der Waals surface area contributed by atoms with Crippen molar-refractivity contribution >= 4 is 45.5 Å². The van der Waals surface area contributed by atoms with Crippen LogP contribution in [0, 0.1) is 17.1 Å². The maximum atomic E-state index is 13.5. The molecule has 0 spiro atoms. The van der Waals surface area contributed by atoms with E-state index >= 15 is 0 Å². The third-order valence-corrected chi connectivity index (χ3v) is 6.13. The Morgan fingerprint density at radius 1 is 1.20 bits per heavy atom. The van der Waals surface area contributed by atoms with Gasteiger partial charge in [-0.3, -0.25) is 14.7 Å². The van der Waals surface area contributed by atoms with Crippen LogP contribution >= 0.6 is 11.6 Å². The second-order valence-electron chi connectivity index (χ2n) is 8.76. The van der Waals surface area contributed by atoms with Crippen molar-refractivity contribution in [3.63, 3.8) is 0 Å². The summed E-state index contributed by atoms with van der Waals surface area (Å²) < 4.78 is 18.5. The first kappa shape index (κ1) is 30.7. The van der Waals surface area contributed by atoms with Crippen LogP contribution in [0.3, 0.4) is 0 Å². The Bertz CT molecular complexity index is 1360. The molecule has 1 aromatic heterocycles. The van der Waals surface area contributed by atoms with Crippen molar-refractivity contribution in [1.29, 1.82) is 5.26 Å². The van der Waals surface area contributed by atoms with E-state index in [-0.39, 0.29) is 35.2 Å². The van der Waals surface area contributed by atoms with Gasteiger partial charge in [-0.25, -0.2) is 4.39 Å². The Labute approximate surface area is 236 Å². The van der Waals surface area contributed by atoms with Gasteiger partial charge in [0.1, 0.15) is 17.6 Å². The number of halogens is 2. The van der Waals surface area contributed by atoms with Gasteiger partial charge in [0.05, 0.1) is 40.7 Å². The average Bonchev–Trinajstić information content (AvgIpc) is 3.52. The van der Waals surface area contributed by atoms with Gasteiger partial charge in [-0.05, 0) is 37.1 Å². The number of anilines is 3. The Kier molecular flexibility index (Phi) is 12.1. The molecule has 0 unspecified atom stereocenters. The number of phenols is 1. The number of aromatic hydroxyl groups is 1. The molecule has 0 saturated carbocycles. The van der Waals surface area contributed by atoms with Gasteiger partial charge >= 0.3 is 0 Å². The van der Waals surface area contributed by atoms with Gasteiger partial charge in [-0.2, -0.15) is 5.26 Å². The quantitative estimate of drug-likeness (QED) is 0.180. The fourth-order valence-corrected chi connectivity index (χ4v) is 4.02. The number of ether oxygens (including phenoxy) is 1. The molecule has 1 saturated heterocycles. The summed E-state index contributed by atoms with van der Waals surface area (Å²) in [5.41, 5.74) is 1.40. The number of amides is 1. The number of hydrogen-bond donors (Lipinski definition) is 5. The summed E-state index contributed by atoms with van der Waals surface area (Å²) >= 11 is 5.86. The van der Waals surface area contributed by atoms with E-state index < -0.39 is 11.7 Å². The van der Waals surface area contributed by atoms with E-state index in [0.717, 1.165) is 13.2 Å². The van der Waals surface area contributed by atoms with Gasteiger partial charge in [-0.15, -0.1) is 0 Å². The highest BCUT2D eigenvalue weighted by Gasteiger charge is 2.15. The summed E-state index contributed by atoms with van der Waals surface area (Å²) in [6.07, 6.45) is 6.73. The smallest absolute Gasteiger partial charge is 0.248 e. The topological polar surface area (TPSA) is 151 Å². The SMILES string of the molecule is C1CCOC1.N#Cc1cnc2cc(O)c(NC(=O)/C=C/CN(CCO)CCO)cc2c1Nc1ccc(F)c(Cl)c1. The number of aromatic nitrogens is 1. The molecule has 10 nitrogen and oxygen atoms in total. The van der Waals surface area contributed by atoms with Crippen LogP contribution in [0.5, 0.6) is 5.75 Å². The van der Waals surface area contributed by atoms with E-state index in [1.807, 2.05) is 6.07 Å². The minimum Gasteiger partial charge on any atom is -0.506 e. The molecule has 5 N–H and O–H groups in total. The summed E-state index contributed by atoms with van der Waals surface area (Å²) in [4.78, 5) is 18.4. The lowest BCUT2D eigenvalue weighted by molar-refractivity contribution is -0.111. The van der Waals surface area contributed by atoms with Crippen LogP contribution in [-0.4, -0.2) is 77.2 Å². The number of carbonyl (C=O) groups is 1. The molecule has 0 bridgehead atoms. The lowest BCUT2D eigenvalue weighted by atomic mass is 10.1. The van der Waals surface area contributed by atoms with Crippen molar-refractivity contribution in [1.82, 2.24) is 9.88 Å². The zero-order chi connectivity index (χ0) is 28.9. The summed E-state index contributed by atoms with van der Waals surface area (Å²) in [5, 5.41) is 44.0. The highest BCUT2D eigenvalue weighted by molar-refractivity contribution is 6.31. The van der Waals surface area contributed by atoms with Crippen molar-refractivity contribution in [3.05, 3.63) is 65.1 Å².